The van der Waals surface area contributed by atoms with Gasteiger partial charge in [-0.15, -0.1) is 11.3 Å². The summed E-state index contributed by atoms with van der Waals surface area (Å²) in [6.45, 7) is 31.1. The normalized spacial score (nSPS) is 20.2. The average molecular weight is 826 g/mol. The summed E-state index contributed by atoms with van der Waals surface area (Å²) >= 11 is 1.85. The summed E-state index contributed by atoms with van der Waals surface area (Å²) in [5.74, 6) is 0. The van der Waals surface area contributed by atoms with Gasteiger partial charge < -0.3 is 9.80 Å². The molecule has 2 aliphatic heterocycles. The summed E-state index contributed by atoms with van der Waals surface area (Å²) in [5.41, 5.74) is 18.6. The van der Waals surface area contributed by atoms with Gasteiger partial charge in [0.05, 0.1) is 5.69 Å². The molecule has 1 aromatic heterocycles. The molecule has 0 atom stereocenters. The number of fused-ring (bicyclic) bond motifs is 8. The molecule has 5 aromatic carbocycles. The first-order valence-electron chi connectivity index (χ1n) is 24.4. The van der Waals surface area contributed by atoms with Crippen LogP contribution < -0.4 is 25.5 Å². The molecule has 10 rings (SSSR count). The first-order chi connectivity index (χ1) is 29.6. The van der Waals surface area contributed by atoms with E-state index >= 15 is 0 Å². The van der Waals surface area contributed by atoms with Gasteiger partial charge in [0.1, 0.15) is 0 Å². The lowest BCUT2D eigenvalue weighted by Gasteiger charge is -2.48. The lowest BCUT2D eigenvalue weighted by atomic mass is 9.35. The van der Waals surface area contributed by atoms with Crippen LogP contribution in [-0.2, 0) is 32.5 Å². The Balaban J connectivity index is 1.36. The molecule has 2 aliphatic carbocycles. The van der Waals surface area contributed by atoms with Gasteiger partial charge in [0, 0.05) is 47.4 Å². The standard InChI is InChI=1S/C57H67BN2S/c1-34-16-23-48-39(28-34)50-51(61-48)58-44-32-42-43(57(14,15)27-26-56(42,12)13)33-45(44)59(38-21-22-40-41(31-38)55(10,11)25-24-54(40,8)9)46-29-36(53(5,6)7)30-47(49(46)58)60(50)37-19-17-35(18-20-37)52(2,3)4/h16-23,28-33H,24-27H2,1-15H3/i1D3. The Morgan fingerprint density at radius 1 is 0.541 bits per heavy atom. The third-order valence-electron chi connectivity index (χ3n) is 15.6. The Hall–Kier alpha value is -4.28. The molecule has 2 nitrogen and oxygen atoms in total. The summed E-state index contributed by atoms with van der Waals surface area (Å²) < 4.78 is 28.0. The van der Waals surface area contributed by atoms with Gasteiger partial charge in [-0.05, 0) is 164 Å². The number of hydrogen-bond donors (Lipinski definition) is 0. The Morgan fingerprint density at radius 2 is 1.08 bits per heavy atom. The zero-order valence-corrected chi connectivity index (χ0v) is 40.1. The van der Waals surface area contributed by atoms with Crippen LogP contribution in [0.3, 0.4) is 0 Å². The van der Waals surface area contributed by atoms with Crippen LogP contribution in [0.15, 0.2) is 84.9 Å². The molecular formula is C57H67BN2S. The van der Waals surface area contributed by atoms with Crippen molar-refractivity contribution in [3.8, 4) is 0 Å². The summed E-state index contributed by atoms with van der Waals surface area (Å²) in [6, 6.07) is 32.7. The highest BCUT2D eigenvalue weighted by Gasteiger charge is 2.49. The van der Waals surface area contributed by atoms with Crippen molar-refractivity contribution in [3.05, 3.63) is 124 Å². The van der Waals surface area contributed by atoms with E-state index in [1.165, 1.54) is 78.3 Å². The monoisotopic (exact) mass is 826 g/mol. The first-order valence-corrected chi connectivity index (χ1v) is 23.7. The molecule has 314 valence electrons. The third-order valence-corrected chi connectivity index (χ3v) is 16.8. The smallest absolute Gasteiger partial charge is 0.264 e. The molecule has 0 spiro atoms. The van der Waals surface area contributed by atoms with E-state index in [1.807, 2.05) is 23.5 Å². The Kier molecular flexibility index (Phi) is 7.89. The maximum atomic E-state index is 8.55. The number of rotatable bonds is 2. The predicted molar refractivity (Wildman–Crippen MR) is 269 cm³/mol. The quantitative estimate of drug-likeness (QED) is 0.160. The second-order valence-corrected chi connectivity index (χ2v) is 24.9. The number of benzene rings is 5. The number of thiophene rings is 1. The van der Waals surface area contributed by atoms with Crippen molar-refractivity contribution < 1.29 is 4.11 Å². The van der Waals surface area contributed by atoms with Crippen LogP contribution in [0.5, 0.6) is 0 Å². The highest BCUT2D eigenvalue weighted by Crippen LogP contribution is 2.54. The molecule has 0 saturated heterocycles. The third kappa shape index (κ3) is 6.15. The second kappa shape index (κ2) is 12.9. The fourth-order valence-corrected chi connectivity index (χ4v) is 12.6. The fourth-order valence-electron chi connectivity index (χ4n) is 11.3. The predicted octanol–water partition coefficient (Wildman–Crippen LogP) is 14.6. The Morgan fingerprint density at radius 3 is 1.67 bits per heavy atom. The van der Waals surface area contributed by atoms with Crippen LogP contribution in [0.25, 0.3) is 10.1 Å². The van der Waals surface area contributed by atoms with E-state index in [0.29, 0.717) is 5.56 Å². The minimum atomic E-state index is -2.23. The van der Waals surface area contributed by atoms with Crippen molar-refractivity contribution in [2.45, 2.75) is 162 Å². The zero-order valence-electron chi connectivity index (χ0n) is 42.3. The summed E-state index contributed by atoms with van der Waals surface area (Å²) in [7, 11) is 0. The molecule has 3 heterocycles. The number of nitrogens with zero attached hydrogens (tertiary/aromatic N) is 2. The van der Waals surface area contributed by atoms with Gasteiger partial charge in [0.25, 0.3) is 6.71 Å². The average Bonchev–Trinajstić information content (AvgIpc) is 3.58. The van der Waals surface area contributed by atoms with Gasteiger partial charge in [0.2, 0.25) is 0 Å². The highest BCUT2D eigenvalue weighted by molar-refractivity contribution is 7.33. The Bertz CT molecular complexity index is 2910. The molecular weight excluding hydrogens is 756 g/mol. The summed E-state index contributed by atoms with van der Waals surface area (Å²) in [6.07, 6.45) is 4.61. The molecule has 0 N–H and O–H groups in total. The first kappa shape index (κ1) is 37.3. The van der Waals surface area contributed by atoms with Crippen LogP contribution in [-0.4, -0.2) is 6.71 Å². The fraction of sp³-hybridized carbons (Fsp3) is 0.439. The molecule has 0 amide bonds. The van der Waals surface area contributed by atoms with Gasteiger partial charge in [-0.2, -0.15) is 0 Å². The van der Waals surface area contributed by atoms with Crippen LogP contribution in [0.4, 0.5) is 34.1 Å². The van der Waals surface area contributed by atoms with Crippen molar-refractivity contribution in [1.29, 1.82) is 0 Å². The molecule has 0 radical (unpaired) electrons. The van der Waals surface area contributed by atoms with Crippen LogP contribution in [0.1, 0.15) is 166 Å². The topological polar surface area (TPSA) is 6.48 Å². The lowest BCUT2D eigenvalue weighted by Crippen LogP contribution is -2.61. The van der Waals surface area contributed by atoms with Crippen molar-refractivity contribution >= 4 is 78.0 Å². The van der Waals surface area contributed by atoms with Crippen LogP contribution >= 0.6 is 11.3 Å². The molecule has 0 fully saturated rings. The van der Waals surface area contributed by atoms with Gasteiger partial charge in [-0.3, -0.25) is 0 Å². The maximum absolute atomic E-state index is 8.55. The Labute approximate surface area is 376 Å². The largest absolute Gasteiger partial charge is 0.311 e. The van der Waals surface area contributed by atoms with E-state index in [4.69, 9.17) is 4.11 Å². The molecule has 4 heteroatoms. The molecule has 61 heavy (non-hydrogen) atoms. The molecule has 0 unspecified atom stereocenters. The number of aryl methyl sites for hydroxylation is 1. The minimum Gasteiger partial charge on any atom is -0.311 e. The van der Waals surface area contributed by atoms with E-state index in [0.717, 1.165) is 40.7 Å². The number of hydrogen-bond acceptors (Lipinski definition) is 3. The van der Waals surface area contributed by atoms with E-state index in [1.54, 1.807) is 0 Å². The molecule has 6 aromatic rings. The van der Waals surface area contributed by atoms with Gasteiger partial charge in [0.15, 0.2) is 0 Å². The van der Waals surface area contributed by atoms with Crippen molar-refractivity contribution in [1.82, 2.24) is 0 Å². The lowest BCUT2D eigenvalue weighted by molar-refractivity contribution is 0.332. The van der Waals surface area contributed by atoms with E-state index < -0.39 is 6.85 Å². The summed E-state index contributed by atoms with van der Waals surface area (Å²) in [4.78, 5) is 5.16. The minimum absolute atomic E-state index is 0.00393. The second-order valence-electron chi connectivity index (χ2n) is 23.8. The van der Waals surface area contributed by atoms with Gasteiger partial charge >= 0.3 is 0 Å². The molecule has 0 bridgehead atoms. The van der Waals surface area contributed by atoms with Crippen LogP contribution in [0.2, 0.25) is 0 Å². The summed E-state index contributed by atoms with van der Waals surface area (Å²) in [5, 5.41) is 1.00. The van der Waals surface area contributed by atoms with Crippen LogP contribution in [0, 0.1) is 6.85 Å². The van der Waals surface area contributed by atoms with Gasteiger partial charge in [-0.25, -0.2) is 0 Å². The van der Waals surface area contributed by atoms with Gasteiger partial charge in [-0.1, -0.05) is 133 Å². The zero-order chi connectivity index (χ0) is 46.1. The maximum Gasteiger partial charge on any atom is 0.264 e. The van der Waals surface area contributed by atoms with Crippen molar-refractivity contribution in [2.24, 2.45) is 0 Å². The molecule has 0 saturated carbocycles. The van der Waals surface area contributed by atoms with Crippen molar-refractivity contribution in [3.63, 3.8) is 0 Å². The number of anilines is 6. The van der Waals surface area contributed by atoms with E-state index in [2.05, 4.69) is 180 Å². The van der Waals surface area contributed by atoms with Crippen molar-refractivity contribution in [2.75, 3.05) is 9.80 Å². The van der Waals surface area contributed by atoms with E-state index in [-0.39, 0.29) is 39.2 Å². The highest BCUT2D eigenvalue weighted by atomic mass is 32.1. The van der Waals surface area contributed by atoms with E-state index in [9.17, 15) is 0 Å². The SMILES string of the molecule is [2H]C([2H])([2H])c1ccc2sc3c(c2c1)N(c1ccc(C(C)(C)C)cc1)c1cc(C(C)(C)C)cc2c1B3c1cc3c(cc1N2c1ccc2c(c1)C(C)(C)CCC2(C)C)C(C)(C)CCC3(C)C. The molecule has 4 aliphatic rings.